The zero-order valence-electron chi connectivity index (χ0n) is 14.3. The van der Waals surface area contributed by atoms with Gasteiger partial charge in [-0.3, -0.25) is 4.99 Å². The van der Waals surface area contributed by atoms with Crippen LogP contribution in [0.1, 0.15) is 30.9 Å². The maximum Gasteiger partial charge on any atom is 0.191 e. The largest absolute Gasteiger partial charge is 0.356 e. The van der Waals surface area contributed by atoms with Gasteiger partial charge in [0.25, 0.3) is 0 Å². The Morgan fingerprint density at radius 1 is 1.22 bits per heavy atom. The summed E-state index contributed by atoms with van der Waals surface area (Å²) in [7, 11) is -1.27. The minimum Gasteiger partial charge on any atom is -0.356 e. The fourth-order valence-electron chi connectivity index (χ4n) is 1.95. The molecular weight excluding hydrogens is 425 g/mol. The number of benzene rings is 1. The quantitative estimate of drug-likeness (QED) is 0.378. The number of hydrogen-bond donors (Lipinski definition) is 2. The molecule has 132 valence electrons. The van der Waals surface area contributed by atoms with Crippen LogP contribution >= 0.6 is 24.0 Å². The van der Waals surface area contributed by atoms with Crippen molar-refractivity contribution in [2.45, 2.75) is 26.7 Å². The minimum absolute atomic E-state index is 0. The van der Waals surface area contributed by atoms with Gasteiger partial charge in [0.2, 0.25) is 0 Å². The molecule has 0 saturated heterocycles. The highest BCUT2D eigenvalue weighted by Gasteiger charge is 2.09. The van der Waals surface area contributed by atoms with Crippen molar-refractivity contribution >= 4 is 39.8 Å². The molecule has 0 aromatic heterocycles. The van der Waals surface area contributed by atoms with Gasteiger partial charge in [0.1, 0.15) is 0 Å². The Morgan fingerprint density at radius 3 is 2.35 bits per heavy atom. The summed E-state index contributed by atoms with van der Waals surface area (Å²) in [6.07, 6.45) is 0. The van der Waals surface area contributed by atoms with E-state index in [0.717, 1.165) is 6.54 Å². The Labute approximate surface area is 157 Å². The molecule has 2 N–H and O–H groups in total. The normalized spacial score (nSPS) is 13.1. The van der Waals surface area contributed by atoms with Crippen molar-refractivity contribution in [2.75, 3.05) is 31.6 Å². The molecule has 0 saturated carbocycles. The van der Waals surface area contributed by atoms with Crippen molar-refractivity contribution in [3.63, 3.8) is 0 Å². The summed E-state index contributed by atoms with van der Waals surface area (Å²) in [5, 5.41) is 6.27. The van der Waals surface area contributed by atoms with Gasteiger partial charge in [-0.15, -0.1) is 24.0 Å². The zero-order chi connectivity index (χ0) is 16.6. The lowest BCUT2D eigenvalue weighted by Gasteiger charge is -2.16. The van der Waals surface area contributed by atoms with Gasteiger partial charge in [0.05, 0.1) is 5.75 Å². The first-order valence-electron chi connectivity index (χ1n) is 7.59. The van der Waals surface area contributed by atoms with E-state index in [1.807, 2.05) is 0 Å². The lowest BCUT2D eigenvalue weighted by molar-refractivity contribution is 0.595. The van der Waals surface area contributed by atoms with E-state index in [1.54, 1.807) is 14.0 Å². The van der Waals surface area contributed by atoms with Gasteiger partial charge in [-0.25, -0.2) is 8.42 Å². The van der Waals surface area contributed by atoms with Crippen LogP contribution in [0.3, 0.4) is 0 Å². The lowest BCUT2D eigenvalue weighted by atomic mass is 10.0. The van der Waals surface area contributed by atoms with Crippen LogP contribution in [0.4, 0.5) is 0 Å². The Bertz CT molecular complexity index is 586. The minimum atomic E-state index is -2.95. The third-order valence-electron chi connectivity index (χ3n) is 3.59. The third kappa shape index (κ3) is 8.55. The van der Waals surface area contributed by atoms with Gasteiger partial charge in [-0.1, -0.05) is 43.7 Å². The molecule has 5 nitrogen and oxygen atoms in total. The van der Waals surface area contributed by atoms with Crippen LogP contribution in [0.15, 0.2) is 29.3 Å². The summed E-state index contributed by atoms with van der Waals surface area (Å²) in [6, 6.07) is 8.47. The second kappa shape index (κ2) is 10.9. The van der Waals surface area contributed by atoms with E-state index in [4.69, 9.17) is 0 Å². The van der Waals surface area contributed by atoms with Crippen molar-refractivity contribution in [3.8, 4) is 0 Å². The van der Waals surface area contributed by atoms with Crippen molar-refractivity contribution in [2.24, 2.45) is 4.99 Å². The van der Waals surface area contributed by atoms with Crippen LogP contribution in [0.25, 0.3) is 0 Å². The average Bonchev–Trinajstić information content (AvgIpc) is 2.51. The molecule has 0 fully saturated rings. The molecule has 1 atom stereocenters. The Hall–Kier alpha value is -0.830. The first kappa shape index (κ1) is 22.2. The molecule has 0 aliphatic carbocycles. The maximum absolute atomic E-state index is 11.4. The molecule has 0 aliphatic rings. The molecule has 0 amide bonds. The van der Waals surface area contributed by atoms with Crippen molar-refractivity contribution < 1.29 is 8.42 Å². The maximum atomic E-state index is 11.4. The summed E-state index contributed by atoms with van der Waals surface area (Å²) >= 11 is 0. The van der Waals surface area contributed by atoms with E-state index in [-0.39, 0.29) is 35.5 Å². The van der Waals surface area contributed by atoms with E-state index in [9.17, 15) is 8.42 Å². The van der Waals surface area contributed by atoms with E-state index < -0.39 is 9.84 Å². The SMILES string of the molecule is CCS(=O)(=O)CCNC(=NC)NCC(C)c1ccc(C)cc1.I. The summed E-state index contributed by atoms with van der Waals surface area (Å²) in [4.78, 5) is 4.11. The van der Waals surface area contributed by atoms with E-state index in [2.05, 4.69) is 53.7 Å². The summed E-state index contributed by atoms with van der Waals surface area (Å²) in [5.74, 6) is 1.27. The molecule has 1 aromatic carbocycles. The molecule has 23 heavy (non-hydrogen) atoms. The van der Waals surface area contributed by atoms with Gasteiger partial charge < -0.3 is 10.6 Å². The predicted octanol–water partition coefficient (Wildman–Crippen LogP) is 2.32. The molecule has 1 unspecified atom stereocenters. The first-order valence-corrected chi connectivity index (χ1v) is 9.41. The Morgan fingerprint density at radius 2 is 1.83 bits per heavy atom. The molecule has 0 radical (unpaired) electrons. The van der Waals surface area contributed by atoms with Gasteiger partial charge in [-0.2, -0.15) is 0 Å². The third-order valence-corrected chi connectivity index (χ3v) is 5.30. The molecular formula is C16H28IN3O2S. The summed E-state index contributed by atoms with van der Waals surface area (Å²) in [5.41, 5.74) is 2.51. The number of rotatable bonds is 7. The topological polar surface area (TPSA) is 70.6 Å². The lowest BCUT2D eigenvalue weighted by Crippen LogP contribution is -2.41. The van der Waals surface area contributed by atoms with Crippen LogP contribution in [-0.4, -0.2) is 46.0 Å². The number of guanidine groups is 1. The molecule has 1 aromatic rings. The highest BCUT2D eigenvalue weighted by molar-refractivity contribution is 14.0. The fourth-order valence-corrected chi connectivity index (χ4v) is 2.65. The second-order valence-electron chi connectivity index (χ2n) is 5.43. The van der Waals surface area contributed by atoms with Gasteiger partial charge in [0, 0.05) is 25.9 Å². The number of hydrogen-bond acceptors (Lipinski definition) is 3. The monoisotopic (exact) mass is 453 g/mol. The molecule has 7 heteroatoms. The van der Waals surface area contributed by atoms with Crippen LogP contribution < -0.4 is 10.6 Å². The number of nitrogens with zero attached hydrogens (tertiary/aromatic N) is 1. The molecule has 0 aliphatic heterocycles. The number of aryl methyl sites for hydroxylation is 1. The average molecular weight is 453 g/mol. The number of halogens is 1. The first-order chi connectivity index (χ1) is 10.4. The van der Waals surface area contributed by atoms with Crippen LogP contribution in [0.5, 0.6) is 0 Å². The Balaban J connectivity index is 0.00000484. The van der Waals surface area contributed by atoms with Crippen LogP contribution in [-0.2, 0) is 9.84 Å². The molecule has 1 rings (SSSR count). The molecule has 0 heterocycles. The Kier molecular flexibility index (Phi) is 10.5. The van der Waals surface area contributed by atoms with E-state index in [1.165, 1.54) is 11.1 Å². The van der Waals surface area contributed by atoms with Gasteiger partial charge in [0.15, 0.2) is 15.8 Å². The number of sulfone groups is 1. The van der Waals surface area contributed by atoms with Gasteiger partial charge in [-0.05, 0) is 18.4 Å². The zero-order valence-corrected chi connectivity index (χ0v) is 17.4. The number of nitrogens with one attached hydrogen (secondary N) is 2. The summed E-state index contributed by atoms with van der Waals surface area (Å²) in [6.45, 7) is 6.99. The van der Waals surface area contributed by atoms with Crippen molar-refractivity contribution in [3.05, 3.63) is 35.4 Å². The number of aliphatic imine (C=N–C) groups is 1. The van der Waals surface area contributed by atoms with Crippen molar-refractivity contribution in [1.82, 2.24) is 10.6 Å². The van der Waals surface area contributed by atoms with Crippen LogP contribution in [0.2, 0.25) is 0 Å². The summed E-state index contributed by atoms with van der Waals surface area (Å²) < 4.78 is 22.9. The highest BCUT2D eigenvalue weighted by atomic mass is 127. The molecule has 0 bridgehead atoms. The van der Waals surface area contributed by atoms with Crippen LogP contribution in [0, 0.1) is 6.92 Å². The van der Waals surface area contributed by atoms with E-state index >= 15 is 0 Å². The molecule has 0 spiro atoms. The van der Waals surface area contributed by atoms with Crippen molar-refractivity contribution in [1.29, 1.82) is 0 Å². The van der Waals surface area contributed by atoms with E-state index in [0.29, 0.717) is 18.4 Å². The highest BCUT2D eigenvalue weighted by Crippen LogP contribution is 2.14. The standard InChI is InChI=1S/C16H27N3O2S.HI/c1-5-22(20,21)11-10-18-16(17-4)19-12-14(3)15-8-6-13(2)7-9-15;/h6-9,14H,5,10-12H2,1-4H3,(H2,17,18,19);1H. The predicted molar refractivity (Wildman–Crippen MR) is 109 cm³/mol. The smallest absolute Gasteiger partial charge is 0.191 e. The fraction of sp³-hybridized carbons (Fsp3) is 0.562. The van der Waals surface area contributed by atoms with Gasteiger partial charge >= 0.3 is 0 Å². The second-order valence-corrected chi connectivity index (χ2v) is 7.90.